The summed E-state index contributed by atoms with van der Waals surface area (Å²) in [7, 11) is 2.13. The van der Waals surface area contributed by atoms with Crippen molar-refractivity contribution in [2.75, 3.05) is 20.1 Å². The van der Waals surface area contributed by atoms with Crippen molar-refractivity contribution < 1.29 is 4.74 Å². The molecule has 1 aliphatic rings. The van der Waals surface area contributed by atoms with Gasteiger partial charge in [0.05, 0.1) is 0 Å². The van der Waals surface area contributed by atoms with Gasteiger partial charge in [-0.15, -0.1) is 0 Å². The molecule has 0 aliphatic carbocycles. The molecule has 1 aromatic rings. The summed E-state index contributed by atoms with van der Waals surface area (Å²) in [5.41, 5.74) is 0. The summed E-state index contributed by atoms with van der Waals surface area (Å²) < 4.78 is 6.79. The van der Waals surface area contributed by atoms with Gasteiger partial charge in [-0.1, -0.05) is 0 Å². The summed E-state index contributed by atoms with van der Waals surface area (Å²) >= 11 is 3.35. The molecule has 82 valence electrons. The van der Waals surface area contributed by atoms with Crippen LogP contribution in [0.1, 0.15) is 12.8 Å². The Hall–Kier alpha value is -0.610. The summed E-state index contributed by atoms with van der Waals surface area (Å²) in [4.78, 5) is 6.51. The smallest absolute Gasteiger partial charge is 0.213 e. The zero-order valence-electron chi connectivity index (χ0n) is 8.82. The first-order valence-electron chi connectivity index (χ1n) is 5.21. The van der Waals surface area contributed by atoms with E-state index in [1.54, 1.807) is 6.20 Å². The molecule has 1 fully saturated rings. The summed E-state index contributed by atoms with van der Waals surface area (Å²) in [6.45, 7) is 2.17. The fourth-order valence-corrected chi connectivity index (χ4v) is 2.05. The molecular weight excluding hydrogens is 256 g/mol. The topological polar surface area (TPSA) is 25.4 Å². The van der Waals surface area contributed by atoms with Crippen LogP contribution in [0.25, 0.3) is 0 Å². The summed E-state index contributed by atoms with van der Waals surface area (Å²) in [5.74, 6) is 0.721. The molecule has 1 saturated heterocycles. The van der Waals surface area contributed by atoms with Gasteiger partial charge in [-0.25, -0.2) is 4.98 Å². The highest BCUT2D eigenvalue weighted by atomic mass is 79.9. The van der Waals surface area contributed by atoms with Crippen molar-refractivity contribution in [2.24, 2.45) is 0 Å². The fraction of sp³-hybridized carbons (Fsp3) is 0.545. The SMILES string of the molecule is CN1CCCC(Oc2ccc(Br)cn2)C1. The monoisotopic (exact) mass is 270 g/mol. The van der Waals surface area contributed by atoms with Crippen LogP contribution in [0.3, 0.4) is 0 Å². The number of piperidine rings is 1. The number of rotatable bonds is 2. The van der Waals surface area contributed by atoms with Gasteiger partial charge in [0.1, 0.15) is 6.10 Å². The standard InChI is InChI=1S/C11H15BrN2O/c1-14-6-2-3-10(8-14)15-11-5-4-9(12)7-13-11/h4-5,7,10H,2-3,6,8H2,1H3. The van der Waals surface area contributed by atoms with E-state index < -0.39 is 0 Å². The van der Waals surface area contributed by atoms with Crippen LogP contribution in [0, 0.1) is 0 Å². The molecule has 2 rings (SSSR count). The van der Waals surface area contributed by atoms with Gasteiger partial charge in [0.25, 0.3) is 0 Å². The number of aromatic nitrogens is 1. The molecule has 0 radical (unpaired) electrons. The number of hydrogen-bond acceptors (Lipinski definition) is 3. The molecular formula is C11H15BrN2O. The Morgan fingerprint density at radius 3 is 3.07 bits per heavy atom. The number of hydrogen-bond donors (Lipinski definition) is 0. The second-order valence-electron chi connectivity index (χ2n) is 3.96. The molecule has 0 bridgehead atoms. The zero-order valence-corrected chi connectivity index (χ0v) is 10.4. The highest BCUT2D eigenvalue weighted by Crippen LogP contribution is 2.17. The van der Waals surface area contributed by atoms with E-state index in [9.17, 15) is 0 Å². The van der Waals surface area contributed by atoms with Gasteiger partial charge >= 0.3 is 0 Å². The molecule has 1 aliphatic heterocycles. The van der Waals surface area contributed by atoms with Crippen LogP contribution < -0.4 is 4.74 Å². The van der Waals surface area contributed by atoms with Crippen LogP contribution in [-0.2, 0) is 0 Å². The van der Waals surface area contributed by atoms with Crippen LogP contribution in [0.4, 0.5) is 0 Å². The number of likely N-dealkylation sites (N-methyl/N-ethyl adjacent to an activating group) is 1. The molecule has 0 saturated carbocycles. The van der Waals surface area contributed by atoms with Gasteiger partial charge in [-0.2, -0.15) is 0 Å². The maximum atomic E-state index is 5.81. The highest BCUT2D eigenvalue weighted by Gasteiger charge is 2.18. The molecule has 15 heavy (non-hydrogen) atoms. The molecule has 1 aromatic heterocycles. The fourth-order valence-electron chi connectivity index (χ4n) is 1.82. The average molecular weight is 271 g/mol. The van der Waals surface area contributed by atoms with Crippen molar-refractivity contribution in [3.63, 3.8) is 0 Å². The first-order valence-corrected chi connectivity index (χ1v) is 6.00. The predicted octanol–water partition coefficient (Wildman–Crippen LogP) is 2.32. The Kier molecular flexibility index (Phi) is 3.59. The second-order valence-corrected chi connectivity index (χ2v) is 4.87. The lowest BCUT2D eigenvalue weighted by atomic mass is 10.1. The van der Waals surface area contributed by atoms with E-state index in [0.717, 1.165) is 23.3 Å². The molecule has 0 aromatic carbocycles. The van der Waals surface area contributed by atoms with E-state index in [0.29, 0.717) is 0 Å². The molecule has 1 atom stereocenters. The lowest BCUT2D eigenvalue weighted by Crippen LogP contribution is -2.38. The number of pyridine rings is 1. The third-order valence-corrected chi connectivity index (χ3v) is 3.04. The van der Waals surface area contributed by atoms with Crippen molar-refractivity contribution >= 4 is 15.9 Å². The number of nitrogens with zero attached hydrogens (tertiary/aromatic N) is 2. The highest BCUT2D eigenvalue weighted by molar-refractivity contribution is 9.10. The molecule has 0 N–H and O–H groups in total. The third kappa shape index (κ3) is 3.18. The maximum Gasteiger partial charge on any atom is 0.213 e. The zero-order chi connectivity index (χ0) is 10.7. The van der Waals surface area contributed by atoms with Gasteiger partial charge in [-0.05, 0) is 48.4 Å². The minimum absolute atomic E-state index is 0.289. The van der Waals surface area contributed by atoms with Gasteiger partial charge in [0.15, 0.2) is 0 Å². The summed E-state index contributed by atoms with van der Waals surface area (Å²) in [6.07, 6.45) is 4.39. The summed E-state index contributed by atoms with van der Waals surface area (Å²) in [5, 5.41) is 0. The molecule has 3 nitrogen and oxygen atoms in total. The van der Waals surface area contributed by atoms with E-state index >= 15 is 0 Å². The quantitative estimate of drug-likeness (QED) is 0.825. The lowest BCUT2D eigenvalue weighted by Gasteiger charge is -2.29. The first-order chi connectivity index (χ1) is 7.24. The molecule has 0 amide bonds. The first kappa shape index (κ1) is 10.9. The molecule has 4 heteroatoms. The minimum atomic E-state index is 0.289. The molecule has 0 spiro atoms. The Balaban J connectivity index is 1.93. The van der Waals surface area contributed by atoms with E-state index in [4.69, 9.17) is 4.74 Å². The van der Waals surface area contributed by atoms with Gasteiger partial charge in [0.2, 0.25) is 5.88 Å². The van der Waals surface area contributed by atoms with Crippen molar-refractivity contribution in [2.45, 2.75) is 18.9 Å². The average Bonchev–Trinajstić information content (AvgIpc) is 2.22. The van der Waals surface area contributed by atoms with E-state index in [-0.39, 0.29) is 6.10 Å². The number of likely N-dealkylation sites (tertiary alicyclic amines) is 1. The van der Waals surface area contributed by atoms with Crippen molar-refractivity contribution in [3.8, 4) is 5.88 Å². The van der Waals surface area contributed by atoms with Crippen LogP contribution in [0.2, 0.25) is 0 Å². The maximum absolute atomic E-state index is 5.81. The van der Waals surface area contributed by atoms with E-state index in [2.05, 4.69) is 32.9 Å². The minimum Gasteiger partial charge on any atom is -0.473 e. The van der Waals surface area contributed by atoms with Crippen LogP contribution in [0.5, 0.6) is 5.88 Å². The van der Waals surface area contributed by atoms with Gasteiger partial charge in [-0.3, -0.25) is 0 Å². The van der Waals surface area contributed by atoms with Crippen LogP contribution in [0.15, 0.2) is 22.8 Å². The van der Waals surface area contributed by atoms with Crippen LogP contribution in [-0.4, -0.2) is 36.1 Å². The lowest BCUT2D eigenvalue weighted by molar-refractivity contribution is 0.1000. The van der Waals surface area contributed by atoms with Gasteiger partial charge < -0.3 is 9.64 Å². The Bertz CT molecular complexity index is 315. The van der Waals surface area contributed by atoms with Gasteiger partial charge in [0, 0.05) is 23.3 Å². The van der Waals surface area contributed by atoms with Crippen molar-refractivity contribution in [3.05, 3.63) is 22.8 Å². The van der Waals surface area contributed by atoms with E-state index in [1.165, 1.54) is 13.0 Å². The Morgan fingerprint density at radius 1 is 1.53 bits per heavy atom. The molecule has 1 unspecified atom stereocenters. The largest absolute Gasteiger partial charge is 0.473 e. The van der Waals surface area contributed by atoms with Crippen LogP contribution >= 0.6 is 15.9 Å². The molecule has 2 heterocycles. The third-order valence-electron chi connectivity index (χ3n) is 2.57. The van der Waals surface area contributed by atoms with Crippen molar-refractivity contribution in [1.29, 1.82) is 0 Å². The predicted molar refractivity (Wildman–Crippen MR) is 63.1 cm³/mol. The Morgan fingerprint density at radius 2 is 2.40 bits per heavy atom. The number of halogens is 1. The summed E-state index contributed by atoms with van der Waals surface area (Å²) in [6, 6.07) is 3.85. The van der Waals surface area contributed by atoms with Crippen molar-refractivity contribution in [1.82, 2.24) is 9.88 Å². The second kappa shape index (κ2) is 4.94. The Labute approximate surface area is 98.6 Å². The van der Waals surface area contributed by atoms with E-state index in [1.807, 2.05) is 12.1 Å². The normalized spacial score (nSPS) is 22.7. The number of ether oxygens (including phenoxy) is 1.